The second-order valence-electron chi connectivity index (χ2n) is 5.50. The molecule has 0 aliphatic heterocycles. The summed E-state index contributed by atoms with van der Waals surface area (Å²) in [5.41, 5.74) is -1.15. The van der Waals surface area contributed by atoms with Gasteiger partial charge in [0.25, 0.3) is 0 Å². The molecule has 0 unspecified atom stereocenters. The van der Waals surface area contributed by atoms with Gasteiger partial charge in [-0.3, -0.25) is 9.59 Å². The molecule has 4 heteroatoms. The first-order chi connectivity index (χ1) is 9.47. The molecule has 0 rings (SSSR count). The SMILES string of the molecule is CCCCC(C(=O)OCCC)(C(=O)OCCC)C(C)C. The quantitative estimate of drug-likeness (QED) is 0.453. The van der Waals surface area contributed by atoms with Crippen molar-refractivity contribution in [2.45, 2.75) is 66.7 Å². The maximum Gasteiger partial charge on any atom is 0.323 e. The van der Waals surface area contributed by atoms with Crippen molar-refractivity contribution in [2.24, 2.45) is 11.3 Å². The number of esters is 2. The monoisotopic (exact) mass is 286 g/mol. The van der Waals surface area contributed by atoms with E-state index in [1.165, 1.54) is 0 Å². The zero-order chi connectivity index (χ0) is 15.6. The lowest BCUT2D eigenvalue weighted by molar-refractivity contribution is -0.177. The van der Waals surface area contributed by atoms with Crippen molar-refractivity contribution in [3.8, 4) is 0 Å². The lowest BCUT2D eigenvalue weighted by Crippen LogP contribution is -2.46. The molecule has 0 atom stereocenters. The van der Waals surface area contributed by atoms with Crippen molar-refractivity contribution in [3.05, 3.63) is 0 Å². The molecule has 0 N–H and O–H groups in total. The number of rotatable bonds is 10. The molecule has 0 amide bonds. The first-order valence-corrected chi connectivity index (χ1v) is 7.81. The molecule has 118 valence electrons. The van der Waals surface area contributed by atoms with Crippen molar-refractivity contribution in [1.82, 2.24) is 0 Å². The maximum absolute atomic E-state index is 12.5. The molecule has 0 fully saturated rings. The van der Waals surface area contributed by atoms with Gasteiger partial charge in [0, 0.05) is 0 Å². The maximum atomic E-state index is 12.5. The number of ether oxygens (including phenoxy) is 2. The van der Waals surface area contributed by atoms with Crippen LogP contribution in [0.25, 0.3) is 0 Å². The lowest BCUT2D eigenvalue weighted by atomic mass is 9.73. The third-order valence-electron chi connectivity index (χ3n) is 3.51. The summed E-state index contributed by atoms with van der Waals surface area (Å²) in [5.74, 6) is -0.990. The van der Waals surface area contributed by atoms with E-state index in [9.17, 15) is 9.59 Å². The average molecular weight is 286 g/mol. The molecule has 0 bridgehead atoms. The summed E-state index contributed by atoms with van der Waals surface area (Å²) >= 11 is 0. The summed E-state index contributed by atoms with van der Waals surface area (Å²) in [6.07, 6.45) is 3.72. The van der Waals surface area contributed by atoms with Gasteiger partial charge in [-0.1, -0.05) is 47.5 Å². The van der Waals surface area contributed by atoms with E-state index in [0.717, 1.165) is 25.7 Å². The Balaban J connectivity index is 5.22. The van der Waals surface area contributed by atoms with Crippen LogP contribution in [-0.4, -0.2) is 25.2 Å². The second kappa shape index (κ2) is 9.78. The molecule has 0 aromatic carbocycles. The normalized spacial score (nSPS) is 11.5. The van der Waals surface area contributed by atoms with Crippen LogP contribution in [-0.2, 0) is 19.1 Å². The van der Waals surface area contributed by atoms with Gasteiger partial charge < -0.3 is 9.47 Å². The van der Waals surface area contributed by atoms with Crippen LogP contribution in [0.2, 0.25) is 0 Å². The Morgan fingerprint density at radius 3 is 1.65 bits per heavy atom. The van der Waals surface area contributed by atoms with E-state index in [-0.39, 0.29) is 5.92 Å². The van der Waals surface area contributed by atoms with Gasteiger partial charge in [0.15, 0.2) is 5.41 Å². The van der Waals surface area contributed by atoms with Gasteiger partial charge in [0.1, 0.15) is 0 Å². The number of carbonyl (C=O) groups is 2. The minimum Gasteiger partial charge on any atom is -0.465 e. The molecule has 0 aliphatic rings. The second-order valence-corrected chi connectivity index (χ2v) is 5.50. The molecular formula is C16H30O4. The number of carbonyl (C=O) groups excluding carboxylic acids is 2. The van der Waals surface area contributed by atoms with Crippen molar-refractivity contribution in [1.29, 1.82) is 0 Å². The predicted octanol–water partition coefficient (Wildman–Crippen LogP) is 3.73. The fraction of sp³-hybridized carbons (Fsp3) is 0.875. The van der Waals surface area contributed by atoms with E-state index >= 15 is 0 Å². The summed E-state index contributed by atoms with van der Waals surface area (Å²) < 4.78 is 10.6. The van der Waals surface area contributed by atoms with E-state index in [0.29, 0.717) is 19.6 Å². The summed E-state index contributed by atoms with van der Waals surface area (Å²) in [5, 5.41) is 0. The zero-order valence-electron chi connectivity index (χ0n) is 13.7. The van der Waals surface area contributed by atoms with E-state index in [1.54, 1.807) is 0 Å². The highest BCUT2D eigenvalue weighted by molar-refractivity contribution is 6.00. The van der Waals surface area contributed by atoms with Crippen molar-refractivity contribution >= 4 is 11.9 Å². The first-order valence-electron chi connectivity index (χ1n) is 7.81. The Morgan fingerprint density at radius 2 is 1.35 bits per heavy atom. The van der Waals surface area contributed by atoms with Crippen LogP contribution in [0, 0.1) is 11.3 Å². The van der Waals surface area contributed by atoms with E-state index in [1.807, 2.05) is 34.6 Å². The summed E-state index contributed by atoms with van der Waals surface area (Å²) in [4.78, 5) is 24.9. The van der Waals surface area contributed by atoms with Gasteiger partial charge in [0.2, 0.25) is 0 Å². The number of hydrogen-bond acceptors (Lipinski definition) is 4. The van der Waals surface area contributed by atoms with Crippen LogP contribution in [0.5, 0.6) is 0 Å². The van der Waals surface area contributed by atoms with Gasteiger partial charge in [-0.25, -0.2) is 0 Å². The van der Waals surface area contributed by atoms with Crippen molar-refractivity contribution in [2.75, 3.05) is 13.2 Å². The number of unbranched alkanes of at least 4 members (excludes halogenated alkanes) is 1. The third-order valence-corrected chi connectivity index (χ3v) is 3.51. The van der Waals surface area contributed by atoms with Crippen LogP contribution in [0.1, 0.15) is 66.7 Å². The molecule has 0 aromatic rings. The molecule has 0 heterocycles. The minimum atomic E-state index is -1.15. The predicted molar refractivity (Wildman–Crippen MR) is 79.3 cm³/mol. The van der Waals surface area contributed by atoms with Crippen molar-refractivity contribution in [3.63, 3.8) is 0 Å². The molecular weight excluding hydrogens is 256 g/mol. The van der Waals surface area contributed by atoms with Gasteiger partial charge >= 0.3 is 11.9 Å². The van der Waals surface area contributed by atoms with E-state index < -0.39 is 17.4 Å². The van der Waals surface area contributed by atoms with E-state index in [4.69, 9.17) is 9.47 Å². The smallest absolute Gasteiger partial charge is 0.323 e. The van der Waals surface area contributed by atoms with Gasteiger partial charge in [-0.2, -0.15) is 0 Å². The highest BCUT2D eigenvalue weighted by Gasteiger charge is 2.50. The van der Waals surface area contributed by atoms with Gasteiger partial charge in [0.05, 0.1) is 13.2 Å². The third kappa shape index (κ3) is 4.80. The summed E-state index contributed by atoms with van der Waals surface area (Å²) in [7, 11) is 0. The highest BCUT2D eigenvalue weighted by Crippen LogP contribution is 2.36. The van der Waals surface area contributed by atoms with E-state index in [2.05, 4.69) is 0 Å². The molecule has 4 nitrogen and oxygen atoms in total. The molecule has 0 aromatic heterocycles. The summed E-state index contributed by atoms with van der Waals surface area (Å²) in [6, 6.07) is 0. The Bertz CT molecular complexity index is 277. The average Bonchev–Trinajstić information content (AvgIpc) is 2.43. The molecule has 0 radical (unpaired) electrons. The van der Waals surface area contributed by atoms with Crippen molar-refractivity contribution < 1.29 is 19.1 Å². The van der Waals surface area contributed by atoms with Crippen LogP contribution in [0.4, 0.5) is 0 Å². The Morgan fingerprint density at radius 1 is 0.900 bits per heavy atom. The van der Waals surface area contributed by atoms with Crippen LogP contribution in [0.3, 0.4) is 0 Å². The Kier molecular flexibility index (Phi) is 9.26. The Hall–Kier alpha value is -1.06. The number of hydrogen-bond donors (Lipinski definition) is 0. The standard InChI is InChI=1S/C16H30O4/c1-6-9-10-16(13(4)5,14(17)19-11-7-2)15(18)20-12-8-3/h13H,6-12H2,1-5H3. The topological polar surface area (TPSA) is 52.6 Å². The fourth-order valence-electron chi connectivity index (χ4n) is 2.15. The molecule has 0 aliphatic carbocycles. The van der Waals surface area contributed by atoms with Gasteiger partial charge in [-0.05, 0) is 25.2 Å². The van der Waals surface area contributed by atoms with Crippen LogP contribution < -0.4 is 0 Å². The highest BCUT2D eigenvalue weighted by atomic mass is 16.6. The van der Waals surface area contributed by atoms with Crippen LogP contribution in [0.15, 0.2) is 0 Å². The van der Waals surface area contributed by atoms with Crippen LogP contribution >= 0.6 is 0 Å². The minimum absolute atomic E-state index is 0.136. The molecule has 20 heavy (non-hydrogen) atoms. The first kappa shape index (κ1) is 18.9. The largest absolute Gasteiger partial charge is 0.465 e. The zero-order valence-corrected chi connectivity index (χ0v) is 13.7. The molecule has 0 spiro atoms. The lowest BCUT2D eigenvalue weighted by Gasteiger charge is -2.32. The van der Waals surface area contributed by atoms with Gasteiger partial charge in [-0.15, -0.1) is 0 Å². The fourth-order valence-corrected chi connectivity index (χ4v) is 2.15. The Labute approximate surface area is 123 Å². The molecule has 0 saturated heterocycles. The summed E-state index contributed by atoms with van der Waals surface area (Å²) in [6.45, 7) is 10.4. The molecule has 0 saturated carbocycles.